The zero-order valence-corrected chi connectivity index (χ0v) is 15.6. The number of benzene rings is 1. The molecule has 142 valence electrons. The van der Waals surface area contributed by atoms with Crippen LogP contribution in [0.4, 0.5) is 0 Å². The SMILES string of the molecule is O=C(Cn1nnc(-c2ccccc2)n1)N1C[C@H]2CC[C@@H](C1)N(CC1CC1)C2. The molecule has 2 aromatic rings. The third kappa shape index (κ3) is 3.74. The van der Waals surface area contributed by atoms with Crippen LogP contribution in [0.25, 0.3) is 11.4 Å². The smallest absolute Gasteiger partial charge is 0.246 e. The second-order valence-electron chi connectivity index (χ2n) is 8.30. The molecular weight excluding hydrogens is 340 g/mol. The molecule has 4 heterocycles. The van der Waals surface area contributed by atoms with Crippen molar-refractivity contribution in [3.05, 3.63) is 30.3 Å². The van der Waals surface area contributed by atoms with E-state index >= 15 is 0 Å². The van der Waals surface area contributed by atoms with Gasteiger partial charge in [0.15, 0.2) is 0 Å². The van der Waals surface area contributed by atoms with E-state index in [2.05, 4.69) is 20.3 Å². The number of nitrogens with zero attached hydrogens (tertiary/aromatic N) is 6. The van der Waals surface area contributed by atoms with Gasteiger partial charge in [0.25, 0.3) is 0 Å². The van der Waals surface area contributed by atoms with Crippen LogP contribution < -0.4 is 0 Å². The molecule has 7 heteroatoms. The molecule has 2 bridgehead atoms. The number of tetrazole rings is 1. The second kappa shape index (κ2) is 7.03. The van der Waals surface area contributed by atoms with E-state index in [0.29, 0.717) is 17.8 Å². The van der Waals surface area contributed by atoms with Crippen LogP contribution in [0.3, 0.4) is 0 Å². The summed E-state index contributed by atoms with van der Waals surface area (Å²) in [5.41, 5.74) is 0.916. The molecule has 0 unspecified atom stereocenters. The number of aromatic nitrogens is 4. The maximum absolute atomic E-state index is 12.9. The molecule has 0 N–H and O–H groups in total. The summed E-state index contributed by atoms with van der Waals surface area (Å²) in [7, 11) is 0. The van der Waals surface area contributed by atoms with Gasteiger partial charge in [0.05, 0.1) is 0 Å². The van der Waals surface area contributed by atoms with Crippen LogP contribution in [-0.2, 0) is 11.3 Å². The topological polar surface area (TPSA) is 67.2 Å². The van der Waals surface area contributed by atoms with Crippen molar-refractivity contribution in [3.8, 4) is 11.4 Å². The molecule has 1 amide bonds. The van der Waals surface area contributed by atoms with Crippen molar-refractivity contribution < 1.29 is 4.79 Å². The molecular formula is C20H26N6O. The van der Waals surface area contributed by atoms with E-state index in [4.69, 9.17) is 0 Å². The van der Waals surface area contributed by atoms with Crippen molar-refractivity contribution in [1.82, 2.24) is 30.0 Å². The van der Waals surface area contributed by atoms with Gasteiger partial charge in [-0.05, 0) is 42.7 Å². The molecule has 3 aliphatic heterocycles. The Bertz CT molecular complexity index is 802. The molecule has 1 aromatic carbocycles. The fraction of sp³-hybridized carbons (Fsp3) is 0.600. The van der Waals surface area contributed by atoms with Crippen LogP contribution in [-0.4, -0.2) is 68.1 Å². The number of carbonyl (C=O) groups excluding carboxylic acids is 1. The zero-order chi connectivity index (χ0) is 18.2. The van der Waals surface area contributed by atoms with Crippen molar-refractivity contribution in [2.24, 2.45) is 11.8 Å². The first-order valence-electron chi connectivity index (χ1n) is 10.1. The van der Waals surface area contributed by atoms with Gasteiger partial charge in [0, 0.05) is 37.8 Å². The lowest BCUT2D eigenvalue weighted by atomic mass is 9.95. The van der Waals surface area contributed by atoms with Gasteiger partial charge in [-0.1, -0.05) is 30.3 Å². The molecule has 7 nitrogen and oxygen atoms in total. The molecule has 1 aliphatic carbocycles. The molecule has 4 aliphatic rings. The Morgan fingerprint density at radius 1 is 1.04 bits per heavy atom. The van der Waals surface area contributed by atoms with Gasteiger partial charge >= 0.3 is 0 Å². The van der Waals surface area contributed by atoms with E-state index in [-0.39, 0.29) is 12.5 Å². The Kier molecular flexibility index (Phi) is 4.39. The lowest BCUT2D eigenvalue weighted by molar-refractivity contribution is -0.132. The highest BCUT2D eigenvalue weighted by molar-refractivity contribution is 5.76. The summed E-state index contributed by atoms with van der Waals surface area (Å²) in [6.45, 7) is 4.28. The van der Waals surface area contributed by atoms with Gasteiger partial charge in [0.2, 0.25) is 11.7 Å². The quantitative estimate of drug-likeness (QED) is 0.805. The van der Waals surface area contributed by atoms with E-state index < -0.39 is 0 Å². The van der Waals surface area contributed by atoms with Gasteiger partial charge in [0.1, 0.15) is 6.54 Å². The summed E-state index contributed by atoms with van der Waals surface area (Å²) in [4.78, 5) is 19.0. The van der Waals surface area contributed by atoms with E-state index in [0.717, 1.165) is 31.1 Å². The molecule has 0 radical (unpaired) electrons. The molecule has 1 saturated carbocycles. The van der Waals surface area contributed by atoms with Gasteiger partial charge in [-0.3, -0.25) is 9.69 Å². The Hall–Kier alpha value is -2.28. The highest BCUT2D eigenvalue weighted by Crippen LogP contribution is 2.34. The molecule has 1 aromatic heterocycles. The predicted molar refractivity (Wildman–Crippen MR) is 101 cm³/mol. The molecule has 6 rings (SSSR count). The largest absolute Gasteiger partial charge is 0.339 e. The van der Waals surface area contributed by atoms with Crippen molar-refractivity contribution in [2.45, 2.75) is 38.3 Å². The van der Waals surface area contributed by atoms with Gasteiger partial charge in [-0.25, -0.2) is 0 Å². The van der Waals surface area contributed by atoms with Crippen LogP contribution >= 0.6 is 0 Å². The van der Waals surface area contributed by atoms with Crippen LogP contribution in [0.2, 0.25) is 0 Å². The highest BCUT2D eigenvalue weighted by atomic mass is 16.2. The summed E-state index contributed by atoms with van der Waals surface area (Å²) in [5, 5.41) is 12.6. The molecule has 27 heavy (non-hydrogen) atoms. The number of amides is 1. The van der Waals surface area contributed by atoms with Crippen molar-refractivity contribution >= 4 is 5.91 Å². The first kappa shape index (κ1) is 16.9. The fourth-order valence-corrected chi connectivity index (χ4v) is 4.47. The Morgan fingerprint density at radius 3 is 2.70 bits per heavy atom. The lowest BCUT2D eigenvalue weighted by Crippen LogP contribution is -2.45. The number of fused-ring (bicyclic) bond motifs is 4. The van der Waals surface area contributed by atoms with Gasteiger partial charge in [-0.15, -0.1) is 10.2 Å². The third-order valence-corrected chi connectivity index (χ3v) is 6.13. The van der Waals surface area contributed by atoms with Crippen LogP contribution in [0.15, 0.2) is 30.3 Å². The van der Waals surface area contributed by atoms with Crippen LogP contribution in [0, 0.1) is 11.8 Å². The minimum absolute atomic E-state index is 0.109. The minimum Gasteiger partial charge on any atom is -0.339 e. The summed E-state index contributed by atoms with van der Waals surface area (Å²) >= 11 is 0. The summed E-state index contributed by atoms with van der Waals surface area (Å²) in [5.74, 6) is 2.19. The second-order valence-corrected chi connectivity index (χ2v) is 8.30. The summed E-state index contributed by atoms with van der Waals surface area (Å²) < 4.78 is 0. The Balaban J connectivity index is 1.24. The van der Waals surface area contributed by atoms with E-state index in [9.17, 15) is 4.79 Å². The number of rotatable bonds is 5. The van der Waals surface area contributed by atoms with Crippen molar-refractivity contribution in [2.75, 3.05) is 26.2 Å². The highest BCUT2D eigenvalue weighted by Gasteiger charge is 2.38. The van der Waals surface area contributed by atoms with Gasteiger partial charge in [-0.2, -0.15) is 4.80 Å². The normalized spacial score (nSPS) is 25.6. The van der Waals surface area contributed by atoms with Crippen LogP contribution in [0.1, 0.15) is 25.7 Å². The molecule has 4 fully saturated rings. The number of hydrogen-bond acceptors (Lipinski definition) is 5. The maximum atomic E-state index is 12.9. The number of hydrogen-bond donors (Lipinski definition) is 0. The maximum Gasteiger partial charge on any atom is 0.246 e. The first-order chi connectivity index (χ1) is 13.2. The lowest BCUT2D eigenvalue weighted by Gasteiger charge is -2.36. The average molecular weight is 366 g/mol. The van der Waals surface area contributed by atoms with Crippen LogP contribution in [0.5, 0.6) is 0 Å². The van der Waals surface area contributed by atoms with Gasteiger partial charge < -0.3 is 4.90 Å². The standard InChI is InChI=1S/C20H26N6O/c27-19(14-26-22-20(21-23-26)17-4-2-1-3-5-17)25-12-16-8-9-18(13-25)24(11-16)10-15-6-7-15/h1-5,15-16,18H,6-14H2/t16-,18-/m0/s1. The van der Waals surface area contributed by atoms with E-state index in [1.807, 2.05) is 35.2 Å². The minimum atomic E-state index is 0.109. The third-order valence-electron chi connectivity index (χ3n) is 6.13. The Morgan fingerprint density at radius 2 is 1.89 bits per heavy atom. The predicted octanol–water partition coefficient (Wildman–Crippen LogP) is 1.67. The number of piperidine rings is 1. The van der Waals surface area contributed by atoms with E-state index in [1.165, 1.54) is 37.0 Å². The van der Waals surface area contributed by atoms with Crippen molar-refractivity contribution in [3.63, 3.8) is 0 Å². The molecule has 3 saturated heterocycles. The average Bonchev–Trinajstić information content (AvgIpc) is 3.46. The summed E-state index contributed by atoms with van der Waals surface area (Å²) in [6.07, 6.45) is 5.24. The molecule has 2 atom stereocenters. The zero-order valence-electron chi connectivity index (χ0n) is 15.6. The Labute approximate surface area is 159 Å². The molecule has 0 spiro atoms. The first-order valence-corrected chi connectivity index (χ1v) is 10.1. The van der Waals surface area contributed by atoms with Crippen molar-refractivity contribution in [1.29, 1.82) is 0 Å². The summed E-state index contributed by atoms with van der Waals surface area (Å²) in [6, 6.07) is 10.3. The monoisotopic (exact) mass is 366 g/mol. The number of carbonyl (C=O) groups is 1. The fourth-order valence-electron chi connectivity index (χ4n) is 4.47. The van der Waals surface area contributed by atoms with E-state index in [1.54, 1.807) is 0 Å².